The summed E-state index contributed by atoms with van der Waals surface area (Å²) in [6.45, 7) is 19.2. The van der Waals surface area contributed by atoms with Gasteiger partial charge in [0.1, 0.15) is 0 Å². The summed E-state index contributed by atoms with van der Waals surface area (Å²) in [5.74, 6) is 3.31. The maximum absolute atomic E-state index is 10.1. The van der Waals surface area contributed by atoms with Crippen molar-refractivity contribution in [3.63, 3.8) is 0 Å². The van der Waals surface area contributed by atoms with Crippen LogP contribution in [-0.2, 0) is 0 Å². The Morgan fingerprint density at radius 2 is 1.77 bits per heavy atom. The van der Waals surface area contributed by atoms with Crippen LogP contribution in [0.25, 0.3) is 0 Å². The zero-order chi connectivity index (χ0) is 22.1. The fourth-order valence-electron chi connectivity index (χ4n) is 7.00. The fourth-order valence-corrected chi connectivity index (χ4v) is 7.00. The molecule has 0 aromatic rings. The van der Waals surface area contributed by atoms with E-state index in [1.807, 2.05) is 0 Å². The van der Waals surface area contributed by atoms with E-state index in [4.69, 9.17) is 0 Å². The van der Waals surface area contributed by atoms with Crippen LogP contribution >= 0.6 is 0 Å². The Kier molecular flexibility index (Phi) is 7.43. The Hall–Kier alpha value is -0.820. The quantitative estimate of drug-likeness (QED) is 0.465. The molecule has 0 heterocycles. The van der Waals surface area contributed by atoms with Gasteiger partial charge in [0.15, 0.2) is 0 Å². The van der Waals surface area contributed by atoms with Crippen LogP contribution in [0, 0.1) is 34.5 Å². The first kappa shape index (κ1) is 23.8. The number of aliphatic hydroxyl groups is 1. The van der Waals surface area contributed by atoms with Gasteiger partial charge in [0.25, 0.3) is 0 Å². The molecule has 0 aliphatic heterocycles. The SMILES string of the molecule is C=C1CC[C@H](O)C/C1=C/C=C1\CCC[C@]2(C)[C@@H]([C@H](C)CC[C@H](C)C(C)C)CC[C@@]12C. The van der Waals surface area contributed by atoms with E-state index in [2.05, 4.69) is 60.3 Å². The van der Waals surface area contributed by atoms with Crippen LogP contribution in [-0.4, -0.2) is 11.2 Å². The van der Waals surface area contributed by atoms with Gasteiger partial charge in [0.05, 0.1) is 6.10 Å². The number of hydrogen-bond donors (Lipinski definition) is 1. The molecule has 6 atom stereocenters. The zero-order valence-corrected chi connectivity index (χ0v) is 20.8. The minimum absolute atomic E-state index is 0.183. The molecule has 3 aliphatic carbocycles. The largest absolute Gasteiger partial charge is 0.393 e. The van der Waals surface area contributed by atoms with Crippen LogP contribution < -0.4 is 0 Å². The minimum Gasteiger partial charge on any atom is -0.393 e. The predicted molar refractivity (Wildman–Crippen MR) is 130 cm³/mol. The third-order valence-electron chi connectivity index (χ3n) is 9.96. The molecule has 0 bridgehead atoms. The highest BCUT2D eigenvalue weighted by Crippen LogP contribution is 2.67. The van der Waals surface area contributed by atoms with E-state index < -0.39 is 0 Å². The Balaban J connectivity index is 1.77. The molecule has 0 aromatic heterocycles. The Morgan fingerprint density at radius 3 is 2.47 bits per heavy atom. The molecule has 1 nitrogen and oxygen atoms in total. The van der Waals surface area contributed by atoms with Gasteiger partial charge in [-0.05, 0) is 91.4 Å². The molecule has 0 saturated heterocycles. The van der Waals surface area contributed by atoms with Gasteiger partial charge in [-0.15, -0.1) is 0 Å². The third-order valence-corrected chi connectivity index (χ3v) is 9.96. The lowest BCUT2D eigenvalue weighted by atomic mass is 9.53. The van der Waals surface area contributed by atoms with Gasteiger partial charge in [0, 0.05) is 0 Å². The van der Waals surface area contributed by atoms with E-state index in [1.54, 1.807) is 5.57 Å². The summed E-state index contributed by atoms with van der Waals surface area (Å²) in [5, 5.41) is 10.1. The molecule has 0 radical (unpaired) electrons. The molecule has 0 spiro atoms. The van der Waals surface area contributed by atoms with Crippen molar-refractivity contribution in [3.8, 4) is 0 Å². The lowest BCUT2D eigenvalue weighted by Crippen LogP contribution is -2.43. The first-order valence-electron chi connectivity index (χ1n) is 12.8. The van der Waals surface area contributed by atoms with Crippen molar-refractivity contribution < 1.29 is 5.11 Å². The Bertz CT molecular complexity index is 682. The van der Waals surface area contributed by atoms with E-state index in [0.717, 1.165) is 42.9 Å². The molecule has 3 rings (SSSR count). The van der Waals surface area contributed by atoms with Crippen LogP contribution in [0.3, 0.4) is 0 Å². The molecule has 1 heteroatoms. The molecule has 170 valence electrons. The normalized spacial score (nSPS) is 39.5. The first-order valence-corrected chi connectivity index (χ1v) is 12.8. The topological polar surface area (TPSA) is 20.2 Å². The summed E-state index contributed by atoms with van der Waals surface area (Å²) >= 11 is 0. The minimum atomic E-state index is -0.183. The van der Waals surface area contributed by atoms with Crippen molar-refractivity contribution in [2.24, 2.45) is 34.5 Å². The predicted octanol–water partition coefficient (Wildman–Crippen LogP) is 8.26. The number of fused-ring (bicyclic) bond motifs is 1. The number of hydrogen-bond acceptors (Lipinski definition) is 1. The molecule has 0 amide bonds. The molecular formula is C29H48O. The molecule has 3 aliphatic rings. The van der Waals surface area contributed by atoms with Gasteiger partial charge in [0.2, 0.25) is 0 Å². The summed E-state index contributed by atoms with van der Waals surface area (Å²) in [7, 11) is 0. The monoisotopic (exact) mass is 412 g/mol. The van der Waals surface area contributed by atoms with Crippen LogP contribution in [0.2, 0.25) is 0 Å². The third kappa shape index (κ3) is 4.52. The molecule has 3 fully saturated rings. The summed E-state index contributed by atoms with van der Waals surface area (Å²) in [6.07, 6.45) is 16.6. The fraction of sp³-hybridized carbons (Fsp3) is 0.793. The maximum atomic E-state index is 10.1. The Labute approximate surface area is 187 Å². The summed E-state index contributed by atoms with van der Waals surface area (Å²) in [6, 6.07) is 0. The highest BCUT2D eigenvalue weighted by Gasteiger charge is 2.57. The second-order valence-electron chi connectivity index (χ2n) is 11.9. The molecule has 30 heavy (non-hydrogen) atoms. The molecule has 0 aromatic carbocycles. The molecule has 3 saturated carbocycles. The van der Waals surface area contributed by atoms with Gasteiger partial charge in [-0.2, -0.15) is 0 Å². The van der Waals surface area contributed by atoms with Crippen molar-refractivity contribution >= 4 is 0 Å². The summed E-state index contributed by atoms with van der Waals surface area (Å²) in [4.78, 5) is 0. The standard InChI is InChI=1S/C29H48O/c1-20(2)21(3)10-11-23(5)27-16-18-28(6)25(9-8-17-29(27,28)7)14-13-24-19-26(30)15-12-22(24)4/h13-14,20-21,23,26-27,30H,4,8-12,15-19H2,1-3,5-7H3/b24-13-,25-14+/t21-,23+,26-,27+,28-,29+/m0/s1. The highest BCUT2D eigenvalue weighted by molar-refractivity contribution is 5.37. The van der Waals surface area contributed by atoms with Crippen molar-refractivity contribution in [1.29, 1.82) is 0 Å². The Morgan fingerprint density at radius 1 is 1.03 bits per heavy atom. The second kappa shape index (κ2) is 9.35. The smallest absolute Gasteiger partial charge is 0.0583 e. The van der Waals surface area contributed by atoms with E-state index in [0.29, 0.717) is 10.8 Å². The molecule has 1 N–H and O–H groups in total. The van der Waals surface area contributed by atoms with Crippen molar-refractivity contribution in [2.75, 3.05) is 0 Å². The van der Waals surface area contributed by atoms with Crippen LogP contribution in [0.1, 0.15) is 106 Å². The van der Waals surface area contributed by atoms with E-state index in [9.17, 15) is 5.11 Å². The summed E-state index contributed by atoms with van der Waals surface area (Å²) < 4.78 is 0. The maximum Gasteiger partial charge on any atom is 0.0583 e. The van der Waals surface area contributed by atoms with Gasteiger partial charge in [-0.1, -0.05) is 84.3 Å². The van der Waals surface area contributed by atoms with Gasteiger partial charge in [-0.3, -0.25) is 0 Å². The van der Waals surface area contributed by atoms with E-state index in [1.165, 1.54) is 56.1 Å². The average molecular weight is 413 g/mol. The van der Waals surface area contributed by atoms with E-state index in [-0.39, 0.29) is 6.10 Å². The summed E-state index contributed by atoms with van der Waals surface area (Å²) in [5.41, 5.74) is 4.95. The molecule has 0 unspecified atom stereocenters. The van der Waals surface area contributed by atoms with Gasteiger partial charge in [-0.25, -0.2) is 0 Å². The van der Waals surface area contributed by atoms with Gasteiger partial charge >= 0.3 is 0 Å². The molecular weight excluding hydrogens is 364 g/mol. The van der Waals surface area contributed by atoms with Crippen molar-refractivity contribution in [1.82, 2.24) is 0 Å². The van der Waals surface area contributed by atoms with E-state index >= 15 is 0 Å². The van der Waals surface area contributed by atoms with Crippen LogP contribution in [0.4, 0.5) is 0 Å². The lowest BCUT2D eigenvalue weighted by molar-refractivity contribution is 0.0331. The van der Waals surface area contributed by atoms with Gasteiger partial charge < -0.3 is 5.11 Å². The first-order chi connectivity index (χ1) is 14.1. The lowest BCUT2D eigenvalue weighted by Gasteiger charge is -2.51. The average Bonchev–Trinajstić information content (AvgIpc) is 2.98. The number of rotatable bonds is 6. The highest BCUT2D eigenvalue weighted by atomic mass is 16.3. The van der Waals surface area contributed by atoms with Crippen LogP contribution in [0.15, 0.2) is 35.5 Å². The number of aliphatic hydroxyl groups excluding tert-OH is 1. The number of allylic oxidation sites excluding steroid dienone is 4. The van der Waals surface area contributed by atoms with Crippen LogP contribution in [0.5, 0.6) is 0 Å². The van der Waals surface area contributed by atoms with Crippen molar-refractivity contribution in [3.05, 3.63) is 35.5 Å². The second-order valence-corrected chi connectivity index (χ2v) is 11.9. The van der Waals surface area contributed by atoms with Crippen molar-refractivity contribution in [2.45, 2.75) is 112 Å². The zero-order valence-electron chi connectivity index (χ0n) is 20.8.